The summed E-state index contributed by atoms with van der Waals surface area (Å²) in [6.07, 6.45) is 2.37. The van der Waals surface area contributed by atoms with Crippen molar-refractivity contribution in [1.82, 2.24) is 29.6 Å². The summed E-state index contributed by atoms with van der Waals surface area (Å²) in [7, 11) is -1.05. The van der Waals surface area contributed by atoms with E-state index in [1.165, 1.54) is 11.3 Å². The fraction of sp³-hybridized carbons (Fsp3) is 0.500. The number of fused-ring (bicyclic) bond motifs is 1. The fourth-order valence-corrected chi connectivity index (χ4v) is 5.50. The summed E-state index contributed by atoms with van der Waals surface area (Å²) in [6, 6.07) is 0. The van der Waals surface area contributed by atoms with Gasteiger partial charge in [0.25, 0.3) is 0 Å². The van der Waals surface area contributed by atoms with Gasteiger partial charge in [-0.2, -0.15) is 14.7 Å². The Kier molecular flexibility index (Phi) is 2.89. The summed E-state index contributed by atoms with van der Waals surface area (Å²) >= 11 is 1.41. The number of hydrogen-bond donors (Lipinski definition) is 0. The number of nitrogens with zero attached hydrogens (tertiary/aromatic N) is 6. The average molecular weight is 338 g/mol. The molecule has 3 aromatic heterocycles. The van der Waals surface area contributed by atoms with Crippen molar-refractivity contribution in [3.05, 3.63) is 16.9 Å². The van der Waals surface area contributed by atoms with Gasteiger partial charge in [0, 0.05) is 18.7 Å². The standard InChI is InChI=1S/C12H14N6O2S2/c1-7-9(5-13-17(7)2)10-14-15-12-18(10)16-11(21-12)8-3-4-22(19,20)6-8/h5,8H,3-4,6H2,1-2H3. The lowest BCUT2D eigenvalue weighted by Crippen LogP contribution is -2.04. The molecule has 0 aliphatic carbocycles. The molecule has 116 valence electrons. The van der Waals surface area contributed by atoms with E-state index in [4.69, 9.17) is 0 Å². The molecule has 0 N–H and O–H groups in total. The van der Waals surface area contributed by atoms with E-state index in [0.717, 1.165) is 16.3 Å². The summed E-state index contributed by atoms with van der Waals surface area (Å²) in [5, 5.41) is 17.9. The molecule has 1 saturated heterocycles. The molecule has 0 bridgehead atoms. The minimum Gasteiger partial charge on any atom is -0.272 e. The molecule has 8 nitrogen and oxygen atoms in total. The van der Waals surface area contributed by atoms with E-state index in [9.17, 15) is 8.42 Å². The van der Waals surface area contributed by atoms with Crippen LogP contribution >= 0.6 is 11.3 Å². The van der Waals surface area contributed by atoms with Gasteiger partial charge in [0.05, 0.1) is 23.3 Å². The average Bonchev–Trinajstić information content (AvgIpc) is 3.17. The quantitative estimate of drug-likeness (QED) is 0.686. The molecular formula is C12H14N6O2S2. The van der Waals surface area contributed by atoms with Crippen LogP contribution in [0.3, 0.4) is 0 Å². The molecule has 0 radical (unpaired) electrons. The van der Waals surface area contributed by atoms with E-state index in [-0.39, 0.29) is 17.4 Å². The first-order valence-corrected chi connectivity index (χ1v) is 9.50. The lowest BCUT2D eigenvalue weighted by Gasteiger charge is -2.00. The molecule has 0 amide bonds. The van der Waals surface area contributed by atoms with Crippen molar-refractivity contribution < 1.29 is 8.42 Å². The molecule has 10 heteroatoms. The van der Waals surface area contributed by atoms with Gasteiger partial charge >= 0.3 is 0 Å². The summed E-state index contributed by atoms with van der Waals surface area (Å²) in [5.74, 6) is 1.04. The van der Waals surface area contributed by atoms with Crippen molar-refractivity contribution in [1.29, 1.82) is 0 Å². The number of sulfone groups is 1. The first kappa shape index (κ1) is 13.8. The molecule has 4 rings (SSSR count). The summed E-state index contributed by atoms with van der Waals surface area (Å²) < 4.78 is 26.7. The maximum atomic E-state index is 11.6. The predicted octanol–water partition coefficient (Wildman–Crippen LogP) is 0.797. The van der Waals surface area contributed by atoms with Crippen LogP contribution in [0.5, 0.6) is 0 Å². The van der Waals surface area contributed by atoms with Gasteiger partial charge in [0.15, 0.2) is 15.7 Å². The highest BCUT2D eigenvalue weighted by Gasteiger charge is 2.32. The summed E-state index contributed by atoms with van der Waals surface area (Å²) in [4.78, 5) is 0.678. The SMILES string of the molecule is Cc1c(-c2nnc3sc(C4CCS(=O)(=O)C4)nn23)cnn1C. The lowest BCUT2D eigenvalue weighted by atomic mass is 10.1. The molecule has 1 fully saturated rings. The third-order valence-electron chi connectivity index (χ3n) is 4.06. The third-order valence-corrected chi connectivity index (χ3v) is 6.89. The first-order valence-electron chi connectivity index (χ1n) is 6.86. The number of rotatable bonds is 2. The van der Waals surface area contributed by atoms with E-state index in [0.29, 0.717) is 17.2 Å². The Bertz CT molecular complexity index is 967. The van der Waals surface area contributed by atoms with E-state index < -0.39 is 9.84 Å². The van der Waals surface area contributed by atoms with Gasteiger partial charge in [-0.3, -0.25) is 4.68 Å². The monoisotopic (exact) mass is 338 g/mol. The smallest absolute Gasteiger partial charge is 0.234 e. The zero-order valence-electron chi connectivity index (χ0n) is 12.1. The van der Waals surface area contributed by atoms with Crippen LogP contribution < -0.4 is 0 Å². The molecule has 3 aromatic rings. The normalized spacial score (nSPS) is 20.9. The largest absolute Gasteiger partial charge is 0.272 e. The van der Waals surface area contributed by atoms with Crippen LogP contribution in [0.4, 0.5) is 0 Å². The molecular weight excluding hydrogens is 324 g/mol. The van der Waals surface area contributed by atoms with Crippen LogP contribution in [0.1, 0.15) is 23.0 Å². The van der Waals surface area contributed by atoms with Gasteiger partial charge < -0.3 is 0 Å². The van der Waals surface area contributed by atoms with Crippen molar-refractivity contribution >= 4 is 26.1 Å². The molecule has 1 aliphatic rings. The van der Waals surface area contributed by atoms with E-state index in [1.54, 1.807) is 15.4 Å². The Morgan fingerprint density at radius 3 is 2.82 bits per heavy atom. The number of aryl methyl sites for hydroxylation is 1. The molecule has 0 saturated carbocycles. The lowest BCUT2D eigenvalue weighted by molar-refractivity contribution is 0.601. The molecule has 4 heterocycles. The minimum absolute atomic E-state index is 0.0282. The second-order valence-electron chi connectivity index (χ2n) is 5.53. The topological polar surface area (TPSA) is 95.0 Å². The second-order valence-corrected chi connectivity index (χ2v) is 8.74. The number of hydrogen-bond acceptors (Lipinski definition) is 7. The second kappa shape index (κ2) is 4.59. The van der Waals surface area contributed by atoms with Crippen LogP contribution in [0, 0.1) is 6.92 Å². The molecule has 0 aromatic carbocycles. The van der Waals surface area contributed by atoms with E-state index >= 15 is 0 Å². The summed E-state index contributed by atoms with van der Waals surface area (Å²) in [5.41, 5.74) is 1.86. The van der Waals surface area contributed by atoms with Crippen molar-refractivity contribution in [2.75, 3.05) is 11.5 Å². The van der Waals surface area contributed by atoms with E-state index in [1.807, 2.05) is 14.0 Å². The maximum absolute atomic E-state index is 11.6. The van der Waals surface area contributed by atoms with Crippen molar-refractivity contribution in [2.45, 2.75) is 19.3 Å². The molecule has 0 spiro atoms. The van der Waals surface area contributed by atoms with Crippen molar-refractivity contribution in [3.63, 3.8) is 0 Å². The van der Waals surface area contributed by atoms with E-state index in [2.05, 4.69) is 20.4 Å². The van der Waals surface area contributed by atoms with Crippen LogP contribution in [0.15, 0.2) is 6.20 Å². The Morgan fingerprint density at radius 2 is 2.18 bits per heavy atom. The minimum atomic E-state index is -2.92. The molecule has 22 heavy (non-hydrogen) atoms. The Morgan fingerprint density at radius 1 is 1.36 bits per heavy atom. The van der Waals surface area contributed by atoms with Gasteiger partial charge in [0.1, 0.15) is 5.01 Å². The van der Waals surface area contributed by atoms with Gasteiger partial charge in [-0.1, -0.05) is 11.3 Å². The first-order chi connectivity index (χ1) is 10.4. The highest BCUT2D eigenvalue weighted by Crippen LogP contribution is 2.33. The Hall–Kier alpha value is -1.81. The zero-order chi connectivity index (χ0) is 15.5. The third kappa shape index (κ3) is 2.05. The molecule has 1 unspecified atom stereocenters. The maximum Gasteiger partial charge on any atom is 0.234 e. The van der Waals surface area contributed by atoms with Crippen LogP contribution in [-0.4, -0.2) is 49.5 Å². The summed E-state index contributed by atoms with van der Waals surface area (Å²) in [6.45, 7) is 1.96. The van der Waals surface area contributed by atoms with Crippen molar-refractivity contribution in [3.8, 4) is 11.4 Å². The molecule has 1 aliphatic heterocycles. The van der Waals surface area contributed by atoms with Crippen LogP contribution in [0.2, 0.25) is 0 Å². The van der Waals surface area contributed by atoms with Crippen LogP contribution in [-0.2, 0) is 16.9 Å². The van der Waals surface area contributed by atoms with Crippen molar-refractivity contribution in [2.24, 2.45) is 7.05 Å². The van der Waals surface area contributed by atoms with Gasteiger partial charge in [-0.15, -0.1) is 10.2 Å². The van der Waals surface area contributed by atoms with Gasteiger partial charge in [0.2, 0.25) is 4.96 Å². The molecule has 1 atom stereocenters. The Labute approximate surface area is 130 Å². The highest BCUT2D eigenvalue weighted by molar-refractivity contribution is 7.91. The zero-order valence-corrected chi connectivity index (χ0v) is 13.7. The fourth-order valence-electron chi connectivity index (χ4n) is 2.67. The number of aromatic nitrogens is 6. The van der Waals surface area contributed by atoms with Gasteiger partial charge in [-0.25, -0.2) is 8.42 Å². The van der Waals surface area contributed by atoms with Gasteiger partial charge in [-0.05, 0) is 13.3 Å². The highest BCUT2D eigenvalue weighted by atomic mass is 32.2. The Balaban J connectivity index is 1.78. The predicted molar refractivity (Wildman–Crippen MR) is 81.6 cm³/mol. The van der Waals surface area contributed by atoms with Crippen LogP contribution in [0.25, 0.3) is 16.3 Å².